The molecule has 0 bridgehead atoms. The lowest BCUT2D eigenvalue weighted by atomic mass is 10.1. The summed E-state index contributed by atoms with van der Waals surface area (Å²) < 4.78 is 10.6. The highest BCUT2D eigenvalue weighted by molar-refractivity contribution is 4.86. The molecule has 2 aliphatic rings. The van der Waals surface area contributed by atoms with E-state index < -0.39 is 0 Å². The van der Waals surface area contributed by atoms with Crippen LogP contribution < -0.4 is 5.32 Å². The smallest absolute Gasteiger partial charge is 0.0711 e. The fraction of sp³-hybridized carbons (Fsp3) is 1.00. The van der Waals surface area contributed by atoms with E-state index in [0.717, 1.165) is 25.5 Å². The SMILES string of the molecule is COCC1CCN(CC2CC(OC)CN2)C1. The summed E-state index contributed by atoms with van der Waals surface area (Å²) >= 11 is 0. The maximum absolute atomic E-state index is 5.36. The summed E-state index contributed by atoms with van der Waals surface area (Å²) in [5.41, 5.74) is 0. The molecule has 0 spiro atoms. The van der Waals surface area contributed by atoms with Crippen molar-refractivity contribution in [3.8, 4) is 0 Å². The summed E-state index contributed by atoms with van der Waals surface area (Å²) in [4.78, 5) is 2.55. The predicted octanol–water partition coefficient (Wildman–Crippen LogP) is 0.332. The molecule has 4 nitrogen and oxygen atoms in total. The lowest BCUT2D eigenvalue weighted by Crippen LogP contribution is -2.36. The average molecular weight is 228 g/mol. The van der Waals surface area contributed by atoms with E-state index in [4.69, 9.17) is 9.47 Å². The predicted molar refractivity (Wildman–Crippen MR) is 63.6 cm³/mol. The first-order valence-corrected chi connectivity index (χ1v) is 6.29. The molecule has 94 valence electrons. The molecule has 0 aliphatic carbocycles. The summed E-state index contributed by atoms with van der Waals surface area (Å²) in [5, 5.41) is 3.53. The molecule has 0 aromatic heterocycles. The van der Waals surface area contributed by atoms with E-state index in [0.29, 0.717) is 12.1 Å². The Balaban J connectivity index is 1.67. The van der Waals surface area contributed by atoms with Crippen LogP contribution in [-0.2, 0) is 9.47 Å². The fourth-order valence-electron chi connectivity index (χ4n) is 2.86. The Morgan fingerprint density at radius 2 is 2.25 bits per heavy atom. The molecule has 2 heterocycles. The minimum Gasteiger partial charge on any atom is -0.384 e. The number of likely N-dealkylation sites (tertiary alicyclic amines) is 1. The highest BCUT2D eigenvalue weighted by atomic mass is 16.5. The third-order valence-corrected chi connectivity index (χ3v) is 3.77. The molecule has 2 rings (SSSR count). The monoisotopic (exact) mass is 228 g/mol. The van der Waals surface area contributed by atoms with E-state index in [1.165, 1.54) is 26.1 Å². The zero-order valence-electron chi connectivity index (χ0n) is 10.4. The average Bonchev–Trinajstić information content (AvgIpc) is 2.89. The van der Waals surface area contributed by atoms with Crippen molar-refractivity contribution < 1.29 is 9.47 Å². The van der Waals surface area contributed by atoms with Gasteiger partial charge in [-0.3, -0.25) is 0 Å². The van der Waals surface area contributed by atoms with Gasteiger partial charge in [0.1, 0.15) is 0 Å². The number of nitrogens with one attached hydrogen (secondary N) is 1. The van der Waals surface area contributed by atoms with Crippen molar-refractivity contribution in [1.29, 1.82) is 0 Å². The third kappa shape index (κ3) is 3.17. The van der Waals surface area contributed by atoms with Gasteiger partial charge in [0.05, 0.1) is 12.7 Å². The molecule has 0 radical (unpaired) electrons. The molecule has 3 atom stereocenters. The lowest BCUT2D eigenvalue weighted by Gasteiger charge is -2.20. The van der Waals surface area contributed by atoms with Gasteiger partial charge in [0.25, 0.3) is 0 Å². The van der Waals surface area contributed by atoms with E-state index in [9.17, 15) is 0 Å². The quantitative estimate of drug-likeness (QED) is 0.735. The Morgan fingerprint density at radius 3 is 2.94 bits per heavy atom. The molecule has 2 saturated heterocycles. The second-order valence-electron chi connectivity index (χ2n) is 5.07. The van der Waals surface area contributed by atoms with Crippen molar-refractivity contribution >= 4 is 0 Å². The van der Waals surface area contributed by atoms with Crippen LogP contribution in [0.5, 0.6) is 0 Å². The van der Waals surface area contributed by atoms with Gasteiger partial charge in [-0.2, -0.15) is 0 Å². The van der Waals surface area contributed by atoms with Gasteiger partial charge in [-0.1, -0.05) is 0 Å². The topological polar surface area (TPSA) is 33.7 Å². The van der Waals surface area contributed by atoms with Gasteiger partial charge in [-0.05, 0) is 25.3 Å². The molecular formula is C12H24N2O2. The van der Waals surface area contributed by atoms with E-state index >= 15 is 0 Å². The Hall–Kier alpha value is -0.160. The summed E-state index contributed by atoms with van der Waals surface area (Å²) in [6.45, 7) is 5.51. The van der Waals surface area contributed by atoms with Gasteiger partial charge in [-0.15, -0.1) is 0 Å². The first-order chi connectivity index (χ1) is 7.81. The third-order valence-electron chi connectivity index (χ3n) is 3.77. The molecule has 0 amide bonds. The molecule has 0 aromatic carbocycles. The van der Waals surface area contributed by atoms with Gasteiger partial charge in [-0.25, -0.2) is 0 Å². The Labute approximate surface area is 98.3 Å². The minimum atomic E-state index is 0.419. The number of rotatable bonds is 5. The Bertz CT molecular complexity index is 213. The van der Waals surface area contributed by atoms with Crippen LogP contribution >= 0.6 is 0 Å². The molecule has 0 saturated carbocycles. The van der Waals surface area contributed by atoms with Gasteiger partial charge >= 0.3 is 0 Å². The first kappa shape index (κ1) is 12.3. The highest BCUT2D eigenvalue weighted by Crippen LogP contribution is 2.18. The van der Waals surface area contributed by atoms with Crippen LogP contribution in [0.25, 0.3) is 0 Å². The van der Waals surface area contributed by atoms with Crippen LogP contribution in [0.3, 0.4) is 0 Å². The number of hydrogen-bond donors (Lipinski definition) is 1. The van der Waals surface area contributed by atoms with Crippen LogP contribution in [-0.4, -0.2) is 64.1 Å². The number of nitrogens with zero attached hydrogens (tertiary/aromatic N) is 1. The largest absolute Gasteiger partial charge is 0.384 e. The van der Waals surface area contributed by atoms with Gasteiger partial charge in [0, 0.05) is 39.9 Å². The van der Waals surface area contributed by atoms with E-state index in [1.807, 2.05) is 0 Å². The first-order valence-electron chi connectivity index (χ1n) is 6.29. The summed E-state index contributed by atoms with van der Waals surface area (Å²) in [6.07, 6.45) is 2.86. The van der Waals surface area contributed by atoms with Gasteiger partial charge in [0.15, 0.2) is 0 Å². The molecule has 2 fully saturated rings. The van der Waals surface area contributed by atoms with E-state index in [1.54, 1.807) is 14.2 Å². The fourth-order valence-corrected chi connectivity index (χ4v) is 2.86. The van der Waals surface area contributed by atoms with Crippen molar-refractivity contribution in [2.75, 3.05) is 47.0 Å². The van der Waals surface area contributed by atoms with E-state index in [2.05, 4.69) is 10.2 Å². The standard InChI is InChI=1S/C12H24N2O2/c1-15-9-10-3-4-14(7-10)8-11-5-12(16-2)6-13-11/h10-13H,3-9H2,1-2H3. The normalized spacial score (nSPS) is 36.0. The Kier molecular flexibility index (Phi) is 4.58. The van der Waals surface area contributed by atoms with Crippen LogP contribution in [0, 0.1) is 5.92 Å². The zero-order chi connectivity index (χ0) is 11.4. The van der Waals surface area contributed by atoms with E-state index in [-0.39, 0.29) is 0 Å². The van der Waals surface area contributed by atoms with Gasteiger partial charge in [0.2, 0.25) is 0 Å². The molecule has 2 aliphatic heterocycles. The molecule has 0 aromatic rings. The van der Waals surface area contributed by atoms with Crippen LogP contribution in [0.4, 0.5) is 0 Å². The van der Waals surface area contributed by atoms with Crippen LogP contribution in [0.1, 0.15) is 12.8 Å². The number of methoxy groups -OCH3 is 2. The van der Waals surface area contributed by atoms with Crippen molar-refractivity contribution in [1.82, 2.24) is 10.2 Å². The lowest BCUT2D eigenvalue weighted by molar-refractivity contribution is 0.115. The van der Waals surface area contributed by atoms with Crippen LogP contribution in [0.15, 0.2) is 0 Å². The summed E-state index contributed by atoms with van der Waals surface area (Å²) in [7, 11) is 3.60. The minimum absolute atomic E-state index is 0.419. The van der Waals surface area contributed by atoms with Crippen molar-refractivity contribution in [2.24, 2.45) is 5.92 Å². The molecule has 4 heteroatoms. The second-order valence-corrected chi connectivity index (χ2v) is 5.07. The number of hydrogen-bond acceptors (Lipinski definition) is 4. The summed E-state index contributed by atoms with van der Waals surface area (Å²) in [6, 6.07) is 0.617. The van der Waals surface area contributed by atoms with Crippen LogP contribution in [0.2, 0.25) is 0 Å². The maximum Gasteiger partial charge on any atom is 0.0711 e. The van der Waals surface area contributed by atoms with Crippen molar-refractivity contribution in [2.45, 2.75) is 25.0 Å². The zero-order valence-corrected chi connectivity index (χ0v) is 10.4. The molecule has 1 N–H and O–H groups in total. The highest BCUT2D eigenvalue weighted by Gasteiger charge is 2.28. The molecule has 16 heavy (non-hydrogen) atoms. The van der Waals surface area contributed by atoms with Crippen molar-refractivity contribution in [3.05, 3.63) is 0 Å². The number of ether oxygens (including phenoxy) is 2. The van der Waals surface area contributed by atoms with Crippen molar-refractivity contribution in [3.63, 3.8) is 0 Å². The Morgan fingerprint density at radius 1 is 1.38 bits per heavy atom. The van der Waals surface area contributed by atoms with Gasteiger partial charge < -0.3 is 19.7 Å². The summed E-state index contributed by atoms with van der Waals surface area (Å²) in [5.74, 6) is 0.740. The molecule has 3 unspecified atom stereocenters. The molecular weight excluding hydrogens is 204 g/mol. The maximum atomic E-state index is 5.36. The second kappa shape index (κ2) is 5.96.